The number of benzene rings is 3. The monoisotopic (exact) mass is 412 g/mol. The van der Waals surface area contributed by atoms with Gasteiger partial charge in [-0.3, -0.25) is 0 Å². The molecular weight excluding hydrogens is 387 g/mol. The molecule has 146 valence electrons. The molecule has 2 unspecified atom stereocenters. The molecule has 2 N–H and O–H groups in total. The summed E-state index contributed by atoms with van der Waals surface area (Å²) in [4.78, 5) is 12.8. The summed E-state index contributed by atoms with van der Waals surface area (Å²) in [6.07, 6.45) is 2.03. The van der Waals surface area contributed by atoms with Gasteiger partial charge in [-0.15, -0.1) is 20.3 Å². The van der Waals surface area contributed by atoms with E-state index in [0.29, 0.717) is 21.2 Å². The zero-order valence-electron chi connectivity index (χ0n) is 15.7. The van der Waals surface area contributed by atoms with Crippen LogP contribution in [0.15, 0.2) is 77.7 Å². The summed E-state index contributed by atoms with van der Waals surface area (Å²) < 4.78 is 0. The highest BCUT2D eigenvalue weighted by Gasteiger charge is 2.34. The Morgan fingerprint density at radius 2 is 1.68 bits per heavy atom. The fourth-order valence-corrected chi connectivity index (χ4v) is 5.75. The Bertz CT molecular complexity index is 916. The van der Waals surface area contributed by atoms with Gasteiger partial charge < -0.3 is 10.2 Å². The summed E-state index contributed by atoms with van der Waals surface area (Å²) in [7, 11) is 0.389. The van der Waals surface area contributed by atoms with Crippen LogP contribution in [0.3, 0.4) is 0 Å². The first kappa shape index (κ1) is 20.9. The lowest BCUT2D eigenvalue weighted by Crippen LogP contribution is -2.41. The minimum absolute atomic E-state index is 0.283. The second kappa shape index (κ2) is 10.1. The smallest absolute Gasteiger partial charge is 0.336 e. The summed E-state index contributed by atoms with van der Waals surface area (Å²) in [5.41, 5.74) is 0.355. The fraction of sp³-hybridized carbons (Fsp3) is 0.261. The van der Waals surface area contributed by atoms with Gasteiger partial charge in [0.15, 0.2) is 5.60 Å². The number of thioether (sulfide) groups is 1. The molecule has 0 bridgehead atoms. The fourth-order valence-electron chi connectivity index (χ4n) is 3.15. The lowest BCUT2D eigenvalue weighted by Gasteiger charge is -2.23. The Kier molecular flexibility index (Phi) is 7.50. The number of fused-ring (bicyclic) bond motifs is 1. The molecule has 0 aliphatic rings. The minimum Gasteiger partial charge on any atom is -0.479 e. The third kappa shape index (κ3) is 5.81. The van der Waals surface area contributed by atoms with Crippen LogP contribution in [0.25, 0.3) is 10.8 Å². The molecule has 0 fully saturated rings. The highest BCUT2D eigenvalue weighted by atomic mass is 32.2. The van der Waals surface area contributed by atoms with Gasteiger partial charge in [-0.2, -0.15) is 0 Å². The van der Waals surface area contributed by atoms with Crippen molar-refractivity contribution in [2.75, 3.05) is 11.7 Å². The molecule has 0 saturated heterocycles. The molecule has 0 radical (unpaired) electrons. The Hall–Kier alpha value is -1.87. The van der Waals surface area contributed by atoms with Crippen LogP contribution < -0.4 is 0 Å². The van der Waals surface area contributed by atoms with Crippen molar-refractivity contribution in [2.24, 2.45) is 0 Å². The van der Waals surface area contributed by atoms with Gasteiger partial charge in [0, 0.05) is 16.6 Å². The van der Waals surface area contributed by atoms with Crippen molar-refractivity contribution in [2.45, 2.75) is 29.8 Å². The molecule has 3 nitrogen and oxygen atoms in total. The number of carboxylic acids is 1. The molecule has 28 heavy (non-hydrogen) atoms. The van der Waals surface area contributed by atoms with Crippen LogP contribution >= 0.6 is 20.3 Å². The summed E-state index contributed by atoms with van der Waals surface area (Å²) in [5.74, 6) is -1.11. The SMILES string of the molecule is O=C(O)C(O)(CCCc1ccccc1)CPCSc1ccc2ccccc2c1. The van der Waals surface area contributed by atoms with Crippen molar-refractivity contribution >= 4 is 37.1 Å². The van der Waals surface area contributed by atoms with E-state index in [0.717, 1.165) is 11.9 Å². The van der Waals surface area contributed by atoms with Gasteiger partial charge in [-0.1, -0.05) is 60.7 Å². The molecule has 0 spiro atoms. The topological polar surface area (TPSA) is 57.5 Å². The summed E-state index contributed by atoms with van der Waals surface area (Å²) in [5, 5.41) is 22.5. The third-order valence-electron chi connectivity index (χ3n) is 4.78. The Morgan fingerprint density at radius 3 is 2.43 bits per heavy atom. The van der Waals surface area contributed by atoms with Crippen LogP contribution in [0.5, 0.6) is 0 Å². The quantitative estimate of drug-likeness (QED) is 0.266. The van der Waals surface area contributed by atoms with E-state index < -0.39 is 11.6 Å². The predicted molar refractivity (Wildman–Crippen MR) is 120 cm³/mol. The number of hydrogen-bond acceptors (Lipinski definition) is 3. The Morgan fingerprint density at radius 1 is 0.964 bits per heavy atom. The number of carbonyl (C=O) groups is 1. The number of rotatable bonds is 10. The zero-order valence-corrected chi connectivity index (χ0v) is 17.5. The number of aliphatic carboxylic acids is 1. The maximum absolute atomic E-state index is 11.6. The van der Waals surface area contributed by atoms with Crippen LogP contribution in [0.2, 0.25) is 0 Å². The number of aryl methyl sites for hydroxylation is 1. The van der Waals surface area contributed by atoms with Crippen LogP contribution in [-0.2, 0) is 11.2 Å². The molecule has 5 heteroatoms. The van der Waals surface area contributed by atoms with Crippen molar-refractivity contribution < 1.29 is 15.0 Å². The maximum Gasteiger partial charge on any atom is 0.336 e. The normalized spacial score (nSPS) is 13.8. The van der Waals surface area contributed by atoms with E-state index in [9.17, 15) is 15.0 Å². The second-order valence-corrected chi connectivity index (χ2v) is 9.67. The average Bonchev–Trinajstić information content (AvgIpc) is 2.72. The lowest BCUT2D eigenvalue weighted by molar-refractivity contribution is -0.156. The molecule has 3 rings (SSSR count). The van der Waals surface area contributed by atoms with Crippen molar-refractivity contribution in [3.8, 4) is 0 Å². The van der Waals surface area contributed by atoms with Gasteiger partial charge in [-0.25, -0.2) is 4.79 Å². The standard InChI is InChI=1S/C23H25O3PS/c24-22(25)23(26,14-6-9-18-7-2-1-3-8-18)16-27-17-28-21-13-12-19-10-4-5-11-20(19)15-21/h1-5,7-8,10-13,15,26-27H,6,9,14,16-17H2,(H,24,25). The first-order valence-electron chi connectivity index (χ1n) is 9.39. The number of carboxylic acid groups (broad SMARTS) is 1. The van der Waals surface area contributed by atoms with Gasteiger partial charge >= 0.3 is 5.97 Å². The molecule has 3 aromatic carbocycles. The average molecular weight is 412 g/mol. The third-order valence-corrected chi connectivity index (χ3v) is 7.59. The molecular formula is C23H25O3PS. The van der Waals surface area contributed by atoms with Gasteiger partial charge in [0.25, 0.3) is 0 Å². The van der Waals surface area contributed by atoms with E-state index in [-0.39, 0.29) is 6.42 Å². The molecule has 0 amide bonds. The van der Waals surface area contributed by atoms with E-state index in [1.807, 2.05) is 42.5 Å². The van der Waals surface area contributed by atoms with Gasteiger partial charge in [-0.05, 0) is 47.7 Å². The van der Waals surface area contributed by atoms with Gasteiger partial charge in [0.05, 0.1) is 0 Å². The predicted octanol–water partition coefficient (Wildman–Crippen LogP) is 5.41. The zero-order chi connectivity index (χ0) is 19.8. The largest absolute Gasteiger partial charge is 0.479 e. The number of hydrogen-bond donors (Lipinski definition) is 2. The first-order chi connectivity index (χ1) is 13.6. The van der Waals surface area contributed by atoms with E-state index in [2.05, 4.69) is 30.3 Å². The highest BCUT2D eigenvalue weighted by Crippen LogP contribution is 2.32. The van der Waals surface area contributed by atoms with Crippen molar-refractivity contribution in [1.82, 2.24) is 0 Å². The molecule has 3 aromatic rings. The summed E-state index contributed by atoms with van der Waals surface area (Å²) in [6, 6.07) is 24.6. The molecule has 0 heterocycles. The lowest BCUT2D eigenvalue weighted by atomic mass is 9.97. The van der Waals surface area contributed by atoms with Crippen LogP contribution in [0, 0.1) is 0 Å². The van der Waals surface area contributed by atoms with Crippen LogP contribution in [-0.4, -0.2) is 33.4 Å². The maximum atomic E-state index is 11.6. The van der Waals surface area contributed by atoms with Gasteiger partial charge in [0.1, 0.15) is 0 Å². The van der Waals surface area contributed by atoms with E-state index in [1.54, 1.807) is 11.8 Å². The number of aliphatic hydroxyl groups is 1. The highest BCUT2D eigenvalue weighted by molar-refractivity contribution is 8.03. The molecule has 0 aromatic heterocycles. The van der Waals surface area contributed by atoms with E-state index in [4.69, 9.17) is 0 Å². The summed E-state index contributed by atoms with van der Waals surface area (Å²) in [6.45, 7) is 0. The van der Waals surface area contributed by atoms with Crippen molar-refractivity contribution in [3.63, 3.8) is 0 Å². The van der Waals surface area contributed by atoms with Crippen molar-refractivity contribution in [1.29, 1.82) is 0 Å². The van der Waals surface area contributed by atoms with Crippen molar-refractivity contribution in [3.05, 3.63) is 78.4 Å². The first-order valence-corrected chi connectivity index (χ1v) is 11.8. The Balaban J connectivity index is 1.47. The second-order valence-electron chi connectivity index (χ2n) is 6.90. The van der Waals surface area contributed by atoms with Gasteiger partial charge in [0.2, 0.25) is 0 Å². The van der Waals surface area contributed by atoms with E-state index >= 15 is 0 Å². The summed E-state index contributed by atoms with van der Waals surface area (Å²) >= 11 is 1.72. The molecule has 0 saturated carbocycles. The molecule has 0 aliphatic carbocycles. The van der Waals surface area contributed by atoms with Crippen LogP contribution in [0.1, 0.15) is 18.4 Å². The van der Waals surface area contributed by atoms with E-state index in [1.165, 1.54) is 21.2 Å². The minimum atomic E-state index is -1.63. The van der Waals surface area contributed by atoms with Crippen LogP contribution in [0.4, 0.5) is 0 Å². The molecule has 0 aliphatic heterocycles. The molecule has 2 atom stereocenters. The Labute approximate surface area is 172 Å².